The Morgan fingerprint density at radius 1 is 1.11 bits per heavy atom. The molecule has 1 saturated heterocycles. The quantitative estimate of drug-likeness (QED) is 0.143. The van der Waals surface area contributed by atoms with Gasteiger partial charge in [0.05, 0.1) is 12.3 Å². The number of carbonyl (C=O) groups excluding carboxylic acids is 3. The summed E-state index contributed by atoms with van der Waals surface area (Å²) in [6.45, 7) is 9.69. The number of benzene rings is 1. The molecule has 1 aliphatic carbocycles. The second-order valence-corrected chi connectivity index (χ2v) is 13.5. The van der Waals surface area contributed by atoms with Crippen LogP contribution in [0.2, 0.25) is 0 Å². The molecule has 254 valence electrons. The van der Waals surface area contributed by atoms with Crippen LogP contribution < -0.4 is 15.3 Å². The Kier molecular flexibility index (Phi) is 9.65. The number of ether oxygens (including phenoxy) is 4. The Morgan fingerprint density at radius 2 is 1.81 bits per heavy atom. The third kappa shape index (κ3) is 6.57. The molecular weight excluding hydrogens is 633 g/mol. The Hall–Kier alpha value is -4.04. The Balaban J connectivity index is 1.48. The molecule has 1 saturated carbocycles. The fraction of sp³-hybridized carbons (Fsp3) is 0.516. The number of nitrogens with two attached hydrogens (primary N) is 1. The Labute approximate surface area is 272 Å². The molecule has 2 aromatic heterocycles. The first kappa shape index (κ1) is 34.3. The maximum atomic E-state index is 14.5. The van der Waals surface area contributed by atoms with Gasteiger partial charge in [-0.1, -0.05) is 44.9 Å². The van der Waals surface area contributed by atoms with Crippen molar-refractivity contribution in [1.29, 1.82) is 0 Å². The molecule has 0 bridgehead atoms. The van der Waals surface area contributed by atoms with Gasteiger partial charge in [-0.05, 0) is 44.0 Å². The second kappa shape index (κ2) is 13.2. The van der Waals surface area contributed by atoms with E-state index in [1.54, 1.807) is 49.4 Å². The van der Waals surface area contributed by atoms with Gasteiger partial charge in [0.2, 0.25) is 5.60 Å². The van der Waals surface area contributed by atoms with Gasteiger partial charge < -0.3 is 29.2 Å². The smallest absolute Gasteiger partial charge is 0.459 e. The highest BCUT2D eigenvalue weighted by Gasteiger charge is 2.87. The average Bonchev–Trinajstić information content (AvgIpc) is 3.29. The fourth-order valence-electron chi connectivity index (χ4n) is 5.97. The van der Waals surface area contributed by atoms with Gasteiger partial charge in [-0.25, -0.2) is 14.1 Å². The van der Waals surface area contributed by atoms with Crippen LogP contribution in [0.5, 0.6) is 5.75 Å². The molecule has 0 amide bonds. The van der Waals surface area contributed by atoms with E-state index in [9.17, 15) is 18.9 Å². The summed E-state index contributed by atoms with van der Waals surface area (Å²) in [5, 5.41) is 6.95. The van der Waals surface area contributed by atoms with E-state index in [-0.39, 0.29) is 24.1 Å². The second-order valence-electron chi connectivity index (χ2n) is 11.8. The zero-order valence-corrected chi connectivity index (χ0v) is 28.0. The van der Waals surface area contributed by atoms with Crippen molar-refractivity contribution < 1.29 is 46.9 Å². The van der Waals surface area contributed by atoms with E-state index in [4.69, 9.17) is 33.7 Å². The van der Waals surface area contributed by atoms with E-state index in [1.807, 2.05) is 13.8 Å². The predicted molar refractivity (Wildman–Crippen MR) is 167 cm³/mol. The summed E-state index contributed by atoms with van der Waals surface area (Å²) in [4.78, 5) is 42.0. The van der Waals surface area contributed by atoms with E-state index in [0.29, 0.717) is 11.2 Å². The SMILES string of the molecule is CCC(CC)COC(=O)[C@H](C)N[P@@](=O)(Oc1ccccc1)OC1[C@H]2O[C@@](C)(c3ccc4c(N)ncnn34)[C@H](OC(C)=O)[C@@]12OC(C)=O. The van der Waals surface area contributed by atoms with Crippen LogP contribution >= 0.6 is 7.75 Å². The molecule has 15 nitrogen and oxygen atoms in total. The van der Waals surface area contributed by atoms with Gasteiger partial charge in [0, 0.05) is 13.8 Å². The molecule has 5 rings (SSSR count). The number of nitrogens with zero attached hydrogens (tertiary/aromatic N) is 3. The molecule has 1 unspecified atom stereocenters. The number of hydrogen-bond donors (Lipinski definition) is 2. The zero-order valence-electron chi connectivity index (χ0n) is 27.1. The summed E-state index contributed by atoms with van der Waals surface area (Å²) in [6, 6.07) is 10.4. The number of nitrogen functional groups attached to an aromatic ring is 1. The summed E-state index contributed by atoms with van der Waals surface area (Å²) in [5.74, 6) is -1.54. The molecule has 3 aromatic rings. The molecule has 2 aliphatic rings. The van der Waals surface area contributed by atoms with Crippen molar-refractivity contribution in [2.24, 2.45) is 5.92 Å². The predicted octanol–water partition coefficient (Wildman–Crippen LogP) is 3.70. The van der Waals surface area contributed by atoms with Crippen molar-refractivity contribution >= 4 is 37.0 Å². The van der Waals surface area contributed by atoms with Crippen molar-refractivity contribution in [1.82, 2.24) is 19.7 Å². The molecule has 3 heterocycles. The molecule has 1 aromatic carbocycles. The van der Waals surface area contributed by atoms with Crippen LogP contribution in [0.4, 0.5) is 5.82 Å². The van der Waals surface area contributed by atoms with Crippen LogP contribution in [0.3, 0.4) is 0 Å². The maximum absolute atomic E-state index is 14.5. The number of rotatable bonds is 14. The molecule has 47 heavy (non-hydrogen) atoms. The van der Waals surface area contributed by atoms with Crippen LogP contribution in [-0.2, 0) is 48.0 Å². The molecule has 2 fully saturated rings. The van der Waals surface area contributed by atoms with E-state index < -0.39 is 61.2 Å². The van der Waals surface area contributed by atoms with E-state index >= 15 is 0 Å². The van der Waals surface area contributed by atoms with Gasteiger partial charge in [0.1, 0.15) is 41.4 Å². The first-order chi connectivity index (χ1) is 22.3. The van der Waals surface area contributed by atoms with E-state index in [1.165, 1.54) is 31.6 Å². The van der Waals surface area contributed by atoms with Crippen LogP contribution in [0.1, 0.15) is 60.1 Å². The topological polar surface area (TPSA) is 192 Å². The lowest BCUT2D eigenvalue weighted by Crippen LogP contribution is -2.50. The fourth-order valence-corrected chi connectivity index (χ4v) is 7.68. The average molecular weight is 674 g/mol. The molecule has 3 N–H and O–H groups in total. The van der Waals surface area contributed by atoms with Crippen molar-refractivity contribution in [3.8, 4) is 5.75 Å². The third-order valence-electron chi connectivity index (χ3n) is 8.47. The third-order valence-corrected chi connectivity index (χ3v) is 10.1. The van der Waals surface area contributed by atoms with Crippen LogP contribution in [-0.4, -0.2) is 69.1 Å². The van der Waals surface area contributed by atoms with Crippen molar-refractivity contribution in [3.63, 3.8) is 0 Å². The first-order valence-electron chi connectivity index (χ1n) is 15.4. The summed E-state index contributed by atoms with van der Waals surface area (Å²) in [6.07, 6.45) is -0.741. The van der Waals surface area contributed by atoms with Crippen LogP contribution in [0, 0.1) is 5.92 Å². The molecular formula is C31H40N5O10P. The van der Waals surface area contributed by atoms with Crippen molar-refractivity contribution in [3.05, 3.63) is 54.5 Å². The van der Waals surface area contributed by atoms with Crippen molar-refractivity contribution in [2.75, 3.05) is 12.3 Å². The van der Waals surface area contributed by atoms with Gasteiger partial charge in [0.15, 0.2) is 11.9 Å². The molecule has 16 heteroatoms. The summed E-state index contributed by atoms with van der Waals surface area (Å²) in [5.41, 5.74) is 3.72. The summed E-state index contributed by atoms with van der Waals surface area (Å²) < 4.78 is 51.5. The number of carbonyl (C=O) groups is 3. The molecule has 7 atom stereocenters. The number of anilines is 1. The summed E-state index contributed by atoms with van der Waals surface area (Å²) >= 11 is 0. The molecule has 0 radical (unpaired) electrons. The molecule has 0 spiro atoms. The largest absolute Gasteiger partial charge is 0.464 e. The maximum Gasteiger partial charge on any atom is 0.459 e. The van der Waals surface area contributed by atoms with Gasteiger partial charge in [0.25, 0.3) is 0 Å². The zero-order chi connectivity index (χ0) is 34.1. The lowest BCUT2D eigenvalue weighted by molar-refractivity contribution is -0.186. The van der Waals surface area contributed by atoms with Crippen LogP contribution in [0.25, 0.3) is 5.52 Å². The highest BCUT2D eigenvalue weighted by Crippen LogP contribution is 2.66. The summed E-state index contributed by atoms with van der Waals surface area (Å²) in [7, 11) is -4.46. The van der Waals surface area contributed by atoms with E-state index in [0.717, 1.165) is 12.8 Å². The van der Waals surface area contributed by atoms with Gasteiger partial charge in [-0.2, -0.15) is 10.2 Å². The number of nitrogens with one attached hydrogen (secondary N) is 1. The monoisotopic (exact) mass is 673 g/mol. The minimum Gasteiger partial charge on any atom is -0.464 e. The normalized spacial score (nSPS) is 26.7. The van der Waals surface area contributed by atoms with Crippen molar-refractivity contribution in [2.45, 2.75) is 89.9 Å². The van der Waals surface area contributed by atoms with Gasteiger partial charge in [-0.3, -0.25) is 18.9 Å². The number of hydrogen-bond acceptors (Lipinski definition) is 13. The van der Waals surface area contributed by atoms with E-state index in [2.05, 4.69) is 15.2 Å². The minimum atomic E-state index is -4.46. The molecule has 1 aliphatic heterocycles. The lowest BCUT2D eigenvalue weighted by atomic mass is 9.90. The van der Waals surface area contributed by atoms with Crippen LogP contribution in [0.15, 0.2) is 48.8 Å². The number of esters is 3. The Morgan fingerprint density at radius 3 is 2.45 bits per heavy atom. The van der Waals surface area contributed by atoms with Gasteiger partial charge >= 0.3 is 25.7 Å². The number of para-hydroxylation sites is 1. The highest BCUT2D eigenvalue weighted by atomic mass is 31.2. The first-order valence-corrected chi connectivity index (χ1v) is 16.9. The minimum absolute atomic E-state index is 0.174. The number of aromatic nitrogens is 3. The highest BCUT2D eigenvalue weighted by molar-refractivity contribution is 7.52. The standard InChI is InChI=1S/C31H40N5O10P/c1-7-21(8-2)16-41-28(39)18(3)35-47(40,45-22-12-10-9-11-13-22)46-26-25-31(26,43-20(5)38)29(42-19(4)37)30(6,44-25)24-15-14-23-27(32)33-17-34-36(23)24/h9-15,17-18,21,25-26,29H,7-8,16H2,1-6H3,(H,35,40)(H2,32,33,34)/t18-,25+,26?,29-,30-,31-,47+/m0/s1. The Bertz CT molecular complexity index is 1680. The lowest BCUT2D eigenvalue weighted by Gasteiger charge is -2.36. The van der Waals surface area contributed by atoms with Gasteiger partial charge in [-0.15, -0.1) is 0 Å². The number of fused-ring (bicyclic) bond motifs is 2.